The van der Waals surface area contributed by atoms with Crippen molar-refractivity contribution in [2.75, 3.05) is 0 Å². The SMILES string of the molecule is C/C(Br)=C\[C@@H](Cc1nc(CCC2=CC(=O)OC(C)(C)O2)cs1)O[Si](C(C)C)(C(C)C)C(C)C. The number of esters is 1. The summed E-state index contributed by atoms with van der Waals surface area (Å²) in [5.41, 5.74) is 2.58. The van der Waals surface area contributed by atoms with Crippen LogP contribution in [0.5, 0.6) is 0 Å². The third-order valence-electron chi connectivity index (χ3n) is 6.08. The summed E-state index contributed by atoms with van der Waals surface area (Å²) in [6.45, 7) is 19.4. The molecular weight excluding hydrogens is 518 g/mol. The maximum atomic E-state index is 11.8. The van der Waals surface area contributed by atoms with E-state index in [-0.39, 0.29) is 12.1 Å². The molecule has 1 aromatic heterocycles. The van der Waals surface area contributed by atoms with Gasteiger partial charge in [0.05, 0.1) is 22.9 Å². The maximum Gasteiger partial charge on any atom is 0.337 e. The van der Waals surface area contributed by atoms with E-state index < -0.39 is 14.1 Å². The lowest BCUT2D eigenvalue weighted by Crippen LogP contribution is -2.50. The quantitative estimate of drug-likeness (QED) is 0.206. The van der Waals surface area contributed by atoms with E-state index in [1.165, 1.54) is 6.08 Å². The number of nitrogens with zero attached hydrogens (tertiary/aromatic N) is 1. The molecule has 0 spiro atoms. The molecule has 0 radical (unpaired) electrons. The molecule has 1 atom stereocenters. The van der Waals surface area contributed by atoms with Gasteiger partial charge >= 0.3 is 5.97 Å². The summed E-state index contributed by atoms with van der Waals surface area (Å²) in [5, 5.41) is 3.17. The van der Waals surface area contributed by atoms with Gasteiger partial charge in [-0.05, 0) is 40.5 Å². The van der Waals surface area contributed by atoms with Crippen LogP contribution in [-0.4, -0.2) is 31.2 Å². The van der Waals surface area contributed by atoms with E-state index in [1.807, 2.05) is 0 Å². The molecule has 1 aliphatic rings. The smallest absolute Gasteiger partial charge is 0.337 e. The highest BCUT2D eigenvalue weighted by Crippen LogP contribution is 2.43. The number of rotatable bonds is 11. The van der Waals surface area contributed by atoms with E-state index in [1.54, 1.807) is 25.2 Å². The highest BCUT2D eigenvalue weighted by Gasteiger charge is 2.46. The molecule has 0 fully saturated rings. The molecule has 1 aromatic rings. The van der Waals surface area contributed by atoms with Crippen LogP contribution in [0.1, 0.15) is 79.4 Å². The molecule has 0 amide bonds. The molecule has 5 nitrogen and oxygen atoms in total. The van der Waals surface area contributed by atoms with E-state index in [0.29, 0.717) is 35.2 Å². The molecule has 0 saturated heterocycles. The first-order chi connectivity index (χ1) is 15.2. The van der Waals surface area contributed by atoms with Crippen LogP contribution >= 0.6 is 27.3 Å². The summed E-state index contributed by atoms with van der Waals surface area (Å²) in [5.74, 6) is -0.630. The lowest BCUT2D eigenvalue weighted by molar-refractivity contribution is -0.205. The number of aromatic nitrogens is 1. The molecule has 0 aliphatic carbocycles. The first-order valence-electron chi connectivity index (χ1n) is 11.8. The van der Waals surface area contributed by atoms with Gasteiger partial charge in [-0.25, -0.2) is 9.78 Å². The van der Waals surface area contributed by atoms with E-state index in [2.05, 4.69) is 75.9 Å². The van der Waals surface area contributed by atoms with E-state index in [4.69, 9.17) is 18.9 Å². The highest BCUT2D eigenvalue weighted by molar-refractivity contribution is 9.11. The Labute approximate surface area is 213 Å². The fraction of sp³-hybridized carbons (Fsp3) is 0.680. The van der Waals surface area contributed by atoms with Gasteiger partial charge in [-0.3, -0.25) is 0 Å². The number of thiazole rings is 1. The third kappa shape index (κ3) is 7.77. The summed E-state index contributed by atoms with van der Waals surface area (Å²) >= 11 is 5.29. The first-order valence-corrected chi connectivity index (χ1v) is 15.6. The average molecular weight is 559 g/mol. The van der Waals surface area contributed by atoms with Crippen LogP contribution in [0.3, 0.4) is 0 Å². The molecule has 1 aliphatic heterocycles. The number of carbonyl (C=O) groups excluding carboxylic acids is 1. The fourth-order valence-corrected chi connectivity index (χ4v) is 11.6. The van der Waals surface area contributed by atoms with Crippen molar-refractivity contribution in [3.63, 3.8) is 0 Å². The van der Waals surface area contributed by atoms with Gasteiger partial charge in [-0.1, -0.05) is 57.5 Å². The molecule has 186 valence electrons. The Kier molecular flexibility index (Phi) is 9.98. The normalized spacial score (nSPS) is 17.9. The predicted octanol–water partition coefficient (Wildman–Crippen LogP) is 7.67. The minimum Gasteiger partial charge on any atom is -0.457 e. The lowest BCUT2D eigenvalue weighted by atomic mass is 10.2. The van der Waals surface area contributed by atoms with Crippen molar-refractivity contribution in [3.05, 3.63) is 38.5 Å². The average Bonchev–Trinajstić information content (AvgIpc) is 3.08. The molecule has 0 saturated carbocycles. The van der Waals surface area contributed by atoms with Gasteiger partial charge < -0.3 is 13.9 Å². The van der Waals surface area contributed by atoms with E-state index in [0.717, 1.165) is 21.6 Å². The van der Waals surface area contributed by atoms with Crippen LogP contribution in [0.25, 0.3) is 0 Å². The first kappa shape index (κ1) is 28.3. The van der Waals surface area contributed by atoms with Crippen LogP contribution in [-0.2, 0) is 31.5 Å². The minimum atomic E-state index is -2.02. The zero-order chi connectivity index (χ0) is 25.0. The number of hydrogen-bond acceptors (Lipinski definition) is 6. The Morgan fingerprint density at radius 2 is 1.76 bits per heavy atom. The van der Waals surface area contributed by atoms with Crippen molar-refractivity contribution >= 4 is 41.6 Å². The molecule has 8 heteroatoms. The Morgan fingerprint density at radius 3 is 2.27 bits per heavy atom. The standard InChI is InChI=1S/C25H40BrNO4SSi/c1-16(2)33(17(3)4,18(5)6)31-22(12-19(7)26)13-23-27-20(15-32-23)10-11-21-14-24(28)30-25(8,9)29-21/h12,14-18,22H,10-11,13H2,1-9H3/b19-12+/t22-/m0/s1. The number of allylic oxidation sites excluding steroid dienone is 2. The molecule has 0 N–H and O–H groups in total. The molecular formula is C25H40BrNO4SSi. The summed E-state index contributed by atoms with van der Waals surface area (Å²) in [6.07, 6.45) is 5.69. The van der Waals surface area contributed by atoms with E-state index in [9.17, 15) is 4.79 Å². The Bertz CT molecular complexity index is 850. The number of hydrogen-bond donors (Lipinski definition) is 0. The maximum absolute atomic E-state index is 11.8. The van der Waals surface area contributed by atoms with E-state index >= 15 is 0 Å². The molecule has 33 heavy (non-hydrogen) atoms. The summed E-state index contributed by atoms with van der Waals surface area (Å²) in [4.78, 5) is 16.6. The highest BCUT2D eigenvalue weighted by atomic mass is 79.9. The largest absolute Gasteiger partial charge is 0.457 e. The number of aryl methyl sites for hydroxylation is 1. The van der Waals surface area contributed by atoms with Crippen molar-refractivity contribution in [1.82, 2.24) is 4.98 Å². The fourth-order valence-electron chi connectivity index (χ4n) is 4.93. The second-order valence-electron chi connectivity index (χ2n) is 10.2. The van der Waals surface area contributed by atoms with Crippen LogP contribution in [0.2, 0.25) is 16.6 Å². The van der Waals surface area contributed by atoms with Gasteiger partial charge in [0, 0.05) is 32.1 Å². The van der Waals surface area contributed by atoms with Gasteiger partial charge in [0.25, 0.3) is 0 Å². The number of ether oxygens (including phenoxy) is 2. The number of cyclic esters (lactones) is 1. The topological polar surface area (TPSA) is 57.7 Å². The Morgan fingerprint density at radius 1 is 1.15 bits per heavy atom. The third-order valence-corrected chi connectivity index (χ3v) is 13.4. The molecule has 0 bridgehead atoms. The second-order valence-corrected chi connectivity index (χ2v) is 17.8. The molecule has 2 rings (SSSR count). The van der Waals surface area contributed by atoms with Crippen molar-refractivity contribution in [2.24, 2.45) is 0 Å². The second kappa shape index (κ2) is 11.6. The summed E-state index contributed by atoms with van der Waals surface area (Å²) < 4.78 is 19.1. The zero-order valence-corrected chi connectivity index (χ0v) is 24.9. The Balaban J connectivity index is 2.13. The van der Waals surface area contributed by atoms with Gasteiger partial charge in [0.2, 0.25) is 14.1 Å². The molecule has 0 unspecified atom stereocenters. The number of halogens is 1. The van der Waals surface area contributed by atoms with Gasteiger partial charge in [-0.15, -0.1) is 11.3 Å². The summed E-state index contributed by atoms with van der Waals surface area (Å²) in [7, 11) is -2.02. The minimum absolute atomic E-state index is 0.0119. The van der Waals surface area contributed by atoms with Crippen molar-refractivity contribution in [1.29, 1.82) is 0 Å². The van der Waals surface area contributed by atoms with Crippen LogP contribution in [0, 0.1) is 0 Å². The monoisotopic (exact) mass is 557 g/mol. The molecule has 2 heterocycles. The predicted molar refractivity (Wildman–Crippen MR) is 142 cm³/mol. The Hall–Kier alpha value is -0.963. The van der Waals surface area contributed by atoms with Crippen molar-refractivity contribution < 1.29 is 18.7 Å². The summed E-state index contributed by atoms with van der Waals surface area (Å²) in [6, 6.07) is 0. The lowest BCUT2D eigenvalue weighted by Gasteiger charge is -2.44. The molecule has 0 aromatic carbocycles. The number of carbonyl (C=O) groups is 1. The van der Waals surface area contributed by atoms with Crippen molar-refractivity contribution in [2.45, 2.75) is 110 Å². The van der Waals surface area contributed by atoms with Crippen LogP contribution in [0.4, 0.5) is 0 Å². The zero-order valence-electron chi connectivity index (χ0n) is 21.5. The van der Waals surface area contributed by atoms with Gasteiger partial charge in [0.15, 0.2) is 0 Å². The van der Waals surface area contributed by atoms with Crippen LogP contribution in [0.15, 0.2) is 27.8 Å². The van der Waals surface area contributed by atoms with Gasteiger partial charge in [0.1, 0.15) is 5.76 Å². The van der Waals surface area contributed by atoms with Crippen LogP contribution < -0.4 is 0 Å². The van der Waals surface area contributed by atoms with Crippen molar-refractivity contribution in [3.8, 4) is 0 Å². The van der Waals surface area contributed by atoms with Gasteiger partial charge in [-0.2, -0.15) is 0 Å².